The van der Waals surface area contributed by atoms with Crippen molar-refractivity contribution in [3.63, 3.8) is 0 Å². The smallest absolute Gasteiger partial charge is 0.214 e. The summed E-state index contributed by atoms with van der Waals surface area (Å²) in [5.41, 5.74) is 1.44. The van der Waals surface area contributed by atoms with Gasteiger partial charge in [0.25, 0.3) is 0 Å². The molecular formula is C26H16Cl2N2O4S. The van der Waals surface area contributed by atoms with E-state index in [1.165, 1.54) is 12.4 Å². The van der Waals surface area contributed by atoms with Gasteiger partial charge in [-0.1, -0.05) is 70.8 Å². The van der Waals surface area contributed by atoms with Gasteiger partial charge in [-0.25, -0.2) is 8.42 Å². The molecule has 5 rings (SSSR count). The maximum absolute atomic E-state index is 14.1. The van der Waals surface area contributed by atoms with Crippen LogP contribution >= 0.6 is 23.2 Å². The van der Waals surface area contributed by atoms with Gasteiger partial charge in [-0.3, -0.25) is 4.79 Å². The quantitative estimate of drug-likeness (QED) is 0.250. The molecule has 6 nitrogen and oxygen atoms in total. The number of nitrogens with zero attached hydrogens (tertiary/aromatic N) is 1. The molecule has 0 fully saturated rings. The number of halogens is 2. The van der Waals surface area contributed by atoms with Gasteiger partial charge < -0.3 is 9.51 Å². The second kappa shape index (κ2) is 9.19. The van der Waals surface area contributed by atoms with Crippen molar-refractivity contribution in [3.05, 3.63) is 112 Å². The highest BCUT2D eigenvalue weighted by Crippen LogP contribution is 2.40. The van der Waals surface area contributed by atoms with Gasteiger partial charge in [0.05, 0.1) is 5.56 Å². The molecular weight excluding hydrogens is 507 g/mol. The first kappa shape index (κ1) is 23.1. The van der Waals surface area contributed by atoms with Crippen molar-refractivity contribution in [2.75, 3.05) is 0 Å². The average molecular weight is 523 g/mol. The second-order valence-electron chi connectivity index (χ2n) is 7.64. The Kier molecular flexibility index (Phi) is 6.06. The van der Waals surface area contributed by atoms with Gasteiger partial charge in [0, 0.05) is 39.1 Å². The molecule has 0 radical (unpaired) electrons. The molecule has 0 amide bonds. The fourth-order valence-corrected chi connectivity index (χ4v) is 5.66. The van der Waals surface area contributed by atoms with Gasteiger partial charge in [0.2, 0.25) is 9.84 Å². The Hall–Kier alpha value is -3.65. The molecule has 0 aliphatic rings. The van der Waals surface area contributed by atoms with E-state index < -0.39 is 15.6 Å². The number of ketones is 1. The fraction of sp³-hybridized carbons (Fsp3) is 0. The van der Waals surface area contributed by atoms with E-state index >= 15 is 0 Å². The van der Waals surface area contributed by atoms with Gasteiger partial charge in [-0.05, 0) is 36.4 Å². The van der Waals surface area contributed by atoms with Gasteiger partial charge in [-0.2, -0.15) is 0 Å². The van der Waals surface area contributed by atoms with Crippen LogP contribution in [0.5, 0.6) is 0 Å². The number of hydrogen-bond acceptors (Lipinski definition) is 5. The Bertz CT molecular complexity index is 1620. The Labute approximate surface area is 211 Å². The maximum Gasteiger partial charge on any atom is 0.214 e. The molecule has 0 aliphatic carbocycles. The van der Waals surface area contributed by atoms with Crippen LogP contribution in [-0.2, 0) is 9.84 Å². The highest BCUT2D eigenvalue weighted by molar-refractivity contribution is 7.91. The molecule has 0 saturated carbocycles. The number of aromatic nitrogens is 2. The van der Waals surface area contributed by atoms with Crippen LogP contribution in [0.25, 0.3) is 22.6 Å². The van der Waals surface area contributed by atoms with Gasteiger partial charge in [0.15, 0.2) is 11.5 Å². The molecule has 0 aliphatic heterocycles. The van der Waals surface area contributed by atoms with Crippen LogP contribution in [0.2, 0.25) is 10.0 Å². The van der Waals surface area contributed by atoms with E-state index in [9.17, 15) is 13.2 Å². The van der Waals surface area contributed by atoms with Crippen molar-refractivity contribution in [1.82, 2.24) is 10.1 Å². The van der Waals surface area contributed by atoms with Crippen molar-refractivity contribution in [1.29, 1.82) is 0 Å². The minimum absolute atomic E-state index is 0.00501. The van der Waals surface area contributed by atoms with Crippen molar-refractivity contribution >= 4 is 38.8 Å². The first-order valence-corrected chi connectivity index (χ1v) is 12.6. The highest BCUT2D eigenvalue weighted by atomic mass is 35.5. The summed E-state index contributed by atoms with van der Waals surface area (Å²) >= 11 is 12.0. The van der Waals surface area contributed by atoms with Gasteiger partial charge in [0.1, 0.15) is 15.5 Å². The minimum Gasteiger partial charge on any atom is -0.366 e. The summed E-state index contributed by atoms with van der Waals surface area (Å²) in [6, 6.07) is 21.6. The molecule has 174 valence electrons. The van der Waals surface area contributed by atoms with Crippen LogP contribution in [-0.4, -0.2) is 24.3 Å². The Morgan fingerprint density at radius 3 is 2.09 bits per heavy atom. The number of rotatable bonds is 6. The van der Waals surface area contributed by atoms with Crippen molar-refractivity contribution < 1.29 is 17.7 Å². The third kappa shape index (κ3) is 4.30. The summed E-state index contributed by atoms with van der Waals surface area (Å²) in [7, 11) is -4.28. The zero-order chi connectivity index (χ0) is 24.6. The van der Waals surface area contributed by atoms with Crippen molar-refractivity contribution in [2.24, 2.45) is 0 Å². The lowest BCUT2D eigenvalue weighted by molar-refractivity contribution is 0.103. The molecule has 0 spiro atoms. The third-order valence-corrected chi connectivity index (χ3v) is 7.76. The second-order valence-corrected chi connectivity index (χ2v) is 10.4. The summed E-state index contributed by atoms with van der Waals surface area (Å²) in [6.07, 6.45) is 2.65. The zero-order valence-electron chi connectivity index (χ0n) is 17.9. The van der Waals surface area contributed by atoms with E-state index in [0.29, 0.717) is 26.7 Å². The van der Waals surface area contributed by atoms with Crippen LogP contribution in [0.3, 0.4) is 0 Å². The lowest BCUT2D eigenvalue weighted by atomic mass is 10.1. The van der Waals surface area contributed by atoms with E-state index in [1.54, 1.807) is 72.8 Å². The zero-order valence-corrected chi connectivity index (χ0v) is 20.2. The summed E-state index contributed by atoms with van der Waals surface area (Å²) in [5, 5.41) is 5.06. The molecule has 3 aromatic carbocycles. The Morgan fingerprint density at radius 2 is 1.43 bits per heavy atom. The molecule has 0 bridgehead atoms. The Balaban J connectivity index is 1.70. The summed E-state index contributed by atoms with van der Waals surface area (Å²) in [6.45, 7) is 0. The lowest BCUT2D eigenvalue weighted by Crippen LogP contribution is -2.10. The molecule has 5 aromatic rings. The van der Waals surface area contributed by atoms with Gasteiger partial charge >= 0.3 is 0 Å². The van der Waals surface area contributed by atoms with E-state index in [1.807, 2.05) is 6.07 Å². The number of carbonyl (C=O) groups excluding carboxylic acids is 1. The molecule has 0 atom stereocenters. The average Bonchev–Trinajstić information content (AvgIpc) is 3.54. The van der Waals surface area contributed by atoms with E-state index in [0.717, 1.165) is 0 Å². The molecule has 2 aromatic heterocycles. The predicted molar refractivity (Wildman–Crippen MR) is 134 cm³/mol. The van der Waals surface area contributed by atoms with Crippen LogP contribution in [0, 0.1) is 0 Å². The largest absolute Gasteiger partial charge is 0.366 e. The van der Waals surface area contributed by atoms with Crippen LogP contribution < -0.4 is 0 Å². The number of sulfone groups is 1. The van der Waals surface area contributed by atoms with Crippen molar-refractivity contribution in [3.8, 4) is 22.6 Å². The number of nitrogens with one attached hydrogen (secondary N) is 1. The number of aromatic amines is 1. The number of hydrogen-bond donors (Lipinski definition) is 1. The van der Waals surface area contributed by atoms with Gasteiger partial charge in [-0.15, -0.1) is 0 Å². The Morgan fingerprint density at radius 1 is 0.800 bits per heavy atom. The minimum atomic E-state index is -4.28. The summed E-state index contributed by atoms with van der Waals surface area (Å²) < 4.78 is 33.8. The van der Waals surface area contributed by atoms with Crippen LogP contribution in [0.15, 0.2) is 106 Å². The first-order valence-electron chi connectivity index (χ1n) is 10.4. The standard InChI is InChI=1S/C26H16Cl2N2O4S/c27-19-10-6-16(7-11-19)23-26(25(34-30-23)18-4-2-1-3-5-18)35(32,33)22-15-29-14-21(22)24(31)17-8-12-20(28)13-9-17/h1-15,29H. The molecule has 9 heteroatoms. The van der Waals surface area contributed by atoms with Crippen LogP contribution in [0.1, 0.15) is 15.9 Å². The SMILES string of the molecule is O=C(c1ccc(Cl)cc1)c1c[nH]cc1S(=O)(=O)c1c(-c2ccc(Cl)cc2)noc1-c1ccccc1. The normalized spacial score (nSPS) is 11.5. The molecule has 0 saturated heterocycles. The van der Waals surface area contributed by atoms with Crippen LogP contribution in [0.4, 0.5) is 0 Å². The molecule has 0 unspecified atom stereocenters. The number of benzene rings is 3. The maximum atomic E-state index is 14.1. The summed E-state index contributed by atoms with van der Waals surface area (Å²) in [4.78, 5) is 15.7. The lowest BCUT2D eigenvalue weighted by Gasteiger charge is -2.08. The number of carbonyl (C=O) groups is 1. The summed E-state index contributed by atoms with van der Waals surface area (Å²) in [5.74, 6) is -0.395. The predicted octanol–water partition coefficient (Wildman–Crippen LogP) is 6.71. The van der Waals surface area contributed by atoms with Crippen molar-refractivity contribution in [2.45, 2.75) is 9.79 Å². The molecule has 2 heterocycles. The highest BCUT2D eigenvalue weighted by Gasteiger charge is 2.35. The van der Waals surface area contributed by atoms with E-state index in [-0.39, 0.29) is 26.8 Å². The molecule has 1 N–H and O–H groups in total. The van der Waals surface area contributed by atoms with E-state index in [2.05, 4.69) is 10.1 Å². The first-order chi connectivity index (χ1) is 16.9. The monoisotopic (exact) mass is 522 g/mol. The topological polar surface area (TPSA) is 93.0 Å². The third-order valence-electron chi connectivity index (χ3n) is 5.42. The van der Waals surface area contributed by atoms with E-state index in [4.69, 9.17) is 27.7 Å². The fourth-order valence-electron chi connectivity index (χ4n) is 3.71. The molecule has 35 heavy (non-hydrogen) atoms. The number of H-pyrrole nitrogens is 1.